The molecule has 1 heterocycles. The minimum atomic E-state index is -3.45. The summed E-state index contributed by atoms with van der Waals surface area (Å²) in [6.45, 7) is -13.7. The van der Waals surface area contributed by atoms with Gasteiger partial charge in [-0.1, -0.05) is 0 Å². The number of likely N-dealkylation sites (N-methyl/N-ethyl adjacent to an activating group) is 1. The maximum Gasteiger partial charge on any atom is 0.227 e. The normalized spacial score (nSPS) is 29.3. The maximum absolute atomic E-state index is 13.5. The monoisotopic (exact) mass is 485 g/mol. The third kappa shape index (κ3) is 4.94. The number of amides is 1. The van der Waals surface area contributed by atoms with Crippen LogP contribution in [0.15, 0.2) is 24.3 Å². The molecule has 1 amide bonds. The van der Waals surface area contributed by atoms with Gasteiger partial charge in [-0.25, -0.2) is 0 Å². The van der Waals surface area contributed by atoms with Crippen molar-refractivity contribution in [2.75, 3.05) is 61.3 Å². The van der Waals surface area contributed by atoms with Crippen LogP contribution in [0.2, 0.25) is 0 Å². The van der Waals surface area contributed by atoms with E-state index in [1.165, 1.54) is 19.2 Å². The summed E-state index contributed by atoms with van der Waals surface area (Å²) in [6, 6.07) is 4.65. The Morgan fingerprint density at radius 3 is 2.41 bits per heavy atom. The van der Waals surface area contributed by atoms with Gasteiger partial charge in [0.15, 0.2) is 23.0 Å². The lowest BCUT2D eigenvalue weighted by Crippen LogP contribution is -2.36. The summed E-state index contributed by atoms with van der Waals surface area (Å²) >= 11 is 0. The quantitative estimate of drug-likeness (QED) is 0.515. The average molecular weight is 486 g/mol. The number of carbonyl (C=O) groups excluding carboxylic acids is 1. The zero-order valence-electron chi connectivity index (χ0n) is 35.7. The SMILES string of the molecule is [2H]C([2H])([2H])Oc1cc2c(cc1OC)C([2H])([2H])C([2H])([2H])N(CCC([2H])([2H])N(C([2H])([2H])[2H])C([2H])([2H])C1Cc3cc(OC)c(OC([2H])([2H])[2H])cc31)C(=O)C2. The molecule has 4 rings (SSSR count). The van der Waals surface area contributed by atoms with Gasteiger partial charge < -0.3 is 28.7 Å². The van der Waals surface area contributed by atoms with E-state index >= 15 is 0 Å². The molecule has 0 aromatic heterocycles. The van der Waals surface area contributed by atoms with E-state index in [-0.39, 0.29) is 51.0 Å². The van der Waals surface area contributed by atoms with Gasteiger partial charge in [-0.15, -0.1) is 0 Å². The molecule has 1 unspecified atom stereocenters. The van der Waals surface area contributed by atoms with Crippen LogP contribution >= 0.6 is 0 Å². The van der Waals surface area contributed by atoms with Crippen LogP contribution in [0.1, 0.15) is 57.9 Å². The Hall–Kier alpha value is -2.93. The number of ether oxygens (including phenoxy) is 4. The predicted molar refractivity (Wildman–Crippen MR) is 132 cm³/mol. The first-order valence-electron chi connectivity index (χ1n) is 18.9. The molecule has 0 radical (unpaired) electrons. The number of rotatable bonds is 10. The van der Waals surface area contributed by atoms with Gasteiger partial charge in [-0.3, -0.25) is 4.79 Å². The second kappa shape index (κ2) is 10.6. The Morgan fingerprint density at radius 2 is 1.71 bits per heavy atom. The molecule has 0 bridgehead atoms. The van der Waals surface area contributed by atoms with Crippen molar-refractivity contribution in [3.8, 4) is 23.0 Å². The van der Waals surface area contributed by atoms with Crippen molar-refractivity contribution in [1.82, 2.24) is 9.80 Å². The number of fused-ring (bicyclic) bond motifs is 2. The molecular weight excluding hydrogens is 432 g/mol. The van der Waals surface area contributed by atoms with Crippen LogP contribution in [0.5, 0.6) is 23.0 Å². The standard InChI is InChI=1S/C27H36N2O5/c1-28(17-21-11-20-14-25(33-4)26(34-5)16-22(20)21)8-6-9-29-10-7-18-12-23(31-2)24(32-3)13-19(18)15-27(29)30/h12-14,16,21H,6-11,15,17H2,1-5H3/i1D3,3D3,5D3,7D2,8D2,10D2,17D2. The molecule has 2 aromatic rings. The van der Waals surface area contributed by atoms with E-state index < -0.39 is 78.1 Å². The topological polar surface area (TPSA) is 60.5 Å². The number of aryl methyl sites for hydroxylation is 1. The second-order valence-electron chi connectivity index (χ2n) is 7.65. The fraction of sp³-hybridized carbons (Fsp3) is 0.519. The molecule has 2 aromatic carbocycles. The van der Waals surface area contributed by atoms with Gasteiger partial charge in [0.05, 0.1) is 42.9 Å². The van der Waals surface area contributed by atoms with Crippen LogP contribution in [-0.4, -0.2) is 77.0 Å². The van der Waals surface area contributed by atoms with E-state index in [9.17, 15) is 4.79 Å². The van der Waals surface area contributed by atoms with Crippen LogP contribution in [0.25, 0.3) is 0 Å². The second-order valence-corrected chi connectivity index (χ2v) is 7.65. The molecule has 1 aliphatic heterocycles. The van der Waals surface area contributed by atoms with Gasteiger partial charge in [0.25, 0.3) is 0 Å². The van der Waals surface area contributed by atoms with Crippen molar-refractivity contribution in [2.45, 2.75) is 31.6 Å². The van der Waals surface area contributed by atoms with E-state index in [4.69, 9.17) is 42.3 Å². The van der Waals surface area contributed by atoms with E-state index in [0.717, 1.165) is 19.2 Å². The molecule has 7 nitrogen and oxygen atoms in total. The van der Waals surface area contributed by atoms with Gasteiger partial charge in [-0.05, 0) is 79.2 Å². The Morgan fingerprint density at radius 1 is 1.03 bits per heavy atom. The molecule has 0 spiro atoms. The lowest BCUT2D eigenvalue weighted by atomic mass is 9.77. The minimum absolute atomic E-state index is 0.000310. The Labute approximate surface area is 226 Å². The minimum Gasteiger partial charge on any atom is -0.493 e. The van der Waals surface area contributed by atoms with E-state index in [0.29, 0.717) is 10.5 Å². The van der Waals surface area contributed by atoms with Gasteiger partial charge in [-0.2, -0.15) is 0 Å². The lowest BCUT2D eigenvalue weighted by Gasteiger charge is -2.34. The highest BCUT2D eigenvalue weighted by Crippen LogP contribution is 2.42. The first-order valence-corrected chi connectivity index (χ1v) is 10.4. The Kier molecular flexibility index (Phi) is 3.34. The molecule has 2 aliphatic rings. The summed E-state index contributed by atoms with van der Waals surface area (Å²) in [4.78, 5) is 13.9. The van der Waals surface area contributed by atoms with Crippen LogP contribution in [-0.2, 0) is 24.0 Å². The average Bonchev–Trinajstić information content (AvgIpc) is 2.96. The van der Waals surface area contributed by atoms with Crippen molar-refractivity contribution in [2.24, 2.45) is 0 Å². The molecule has 184 valence electrons. The molecule has 0 saturated heterocycles. The molecule has 7 heteroatoms. The third-order valence-electron chi connectivity index (χ3n) is 5.69. The fourth-order valence-electron chi connectivity index (χ4n) is 3.88. The number of methoxy groups -OCH3 is 4. The van der Waals surface area contributed by atoms with E-state index in [2.05, 4.69) is 0 Å². The zero-order chi connectivity index (χ0) is 38.9. The Balaban J connectivity index is 1.68. The molecule has 0 fully saturated rings. The summed E-state index contributed by atoms with van der Waals surface area (Å²) < 4.78 is 160. The highest BCUT2D eigenvalue weighted by atomic mass is 16.5. The zero-order valence-corrected chi connectivity index (χ0v) is 18.7. The van der Waals surface area contributed by atoms with Crippen LogP contribution in [0.4, 0.5) is 0 Å². The van der Waals surface area contributed by atoms with Crippen LogP contribution in [0, 0.1) is 0 Å². The number of carbonyl (C=O) groups is 1. The summed E-state index contributed by atoms with van der Waals surface area (Å²) in [5.41, 5.74) is 0.108. The smallest absolute Gasteiger partial charge is 0.227 e. The number of hydrogen-bond donors (Lipinski definition) is 0. The number of hydrogen-bond acceptors (Lipinski definition) is 6. The first kappa shape index (κ1) is 10.8. The van der Waals surface area contributed by atoms with E-state index in [1.807, 2.05) is 0 Å². The lowest BCUT2D eigenvalue weighted by molar-refractivity contribution is -0.130. The van der Waals surface area contributed by atoms with Crippen molar-refractivity contribution in [3.05, 3.63) is 46.5 Å². The summed E-state index contributed by atoms with van der Waals surface area (Å²) in [7, 11) is -3.45. The van der Waals surface area contributed by atoms with Gasteiger partial charge in [0.1, 0.15) is 0 Å². The summed E-state index contributed by atoms with van der Waals surface area (Å²) in [6.07, 6.45) is -4.81. The van der Waals surface area contributed by atoms with Gasteiger partial charge in [0, 0.05) is 40.5 Å². The first-order chi connectivity index (χ1) is 23.0. The van der Waals surface area contributed by atoms with E-state index in [1.54, 1.807) is 0 Å². The Bertz CT molecular complexity index is 1660. The predicted octanol–water partition coefficient (Wildman–Crippen LogP) is 3.31. The van der Waals surface area contributed by atoms with Crippen LogP contribution in [0.3, 0.4) is 0 Å². The van der Waals surface area contributed by atoms with Crippen molar-refractivity contribution >= 4 is 5.91 Å². The van der Waals surface area contributed by atoms with Gasteiger partial charge in [0.2, 0.25) is 5.91 Å². The molecule has 0 saturated carbocycles. The summed E-state index contributed by atoms with van der Waals surface area (Å²) in [5.74, 6) is -3.24. The molecular formula is C27H36N2O5. The fourth-order valence-corrected chi connectivity index (χ4v) is 3.88. The molecule has 1 atom stereocenters. The van der Waals surface area contributed by atoms with Crippen molar-refractivity contribution in [1.29, 1.82) is 0 Å². The van der Waals surface area contributed by atoms with Gasteiger partial charge >= 0.3 is 0 Å². The molecule has 0 N–H and O–H groups in total. The number of nitrogens with zero attached hydrogens (tertiary/aromatic N) is 2. The van der Waals surface area contributed by atoms with Crippen molar-refractivity contribution in [3.63, 3.8) is 0 Å². The maximum atomic E-state index is 13.5. The molecule has 34 heavy (non-hydrogen) atoms. The largest absolute Gasteiger partial charge is 0.493 e. The highest BCUT2D eigenvalue weighted by molar-refractivity contribution is 5.80. The van der Waals surface area contributed by atoms with Crippen molar-refractivity contribution < 1.29 is 47.0 Å². The highest BCUT2D eigenvalue weighted by Gasteiger charge is 2.29. The van der Waals surface area contributed by atoms with Crippen LogP contribution < -0.4 is 18.9 Å². The third-order valence-corrected chi connectivity index (χ3v) is 5.69. The number of benzene rings is 2. The molecule has 1 aliphatic carbocycles. The summed E-state index contributed by atoms with van der Waals surface area (Å²) in [5, 5.41) is 0.